The second-order valence-electron chi connectivity index (χ2n) is 5.41. The van der Waals surface area contributed by atoms with Crippen LogP contribution >= 0.6 is 0 Å². The molecule has 0 aliphatic carbocycles. The predicted molar refractivity (Wildman–Crippen MR) is 96.1 cm³/mol. The Bertz CT molecular complexity index is 867. The summed E-state index contributed by atoms with van der Waals surface area (Å²) in [6.07, 6.45) is -1.03. The Morgan fingerprint density at radius 1 is 1.15 bits per heavy atom. The van der Waals surface area contributed by atoms with Gasteiger partial charge in [-0.1, -0.05) is 6.07 Å². The highest BCUT2D eigenvalue weighted by Gasteiger charge is 2.23. The van der Waals surface area contributed by atoms with Gasteiger partial charge in [0.25, 0.3) is 5.91 Å². The molecule has 142 valence electrons. The minimum atomic E-state index is -1.03. The van der Waals surface area contributed by atoms with Crippen LogP contribution in [0.15, 0.2) is 42.5 Å². The highest BCUT2D eigenvalue weighted by Crippen LogP contribution is 2.29. The fourth-order valence-electron chi connectivity index (χ4n) is 2.19. The third kappa shape index (κ3) is 4.94. The van der Waals surface area contributed by atoms with Gasteiger partial charge in [-0.05, 0) is 31.2 Å². The zero-order valence-corrected chi connectivity index (χ0v) is 14.9. The number of anilines is 1. The Balaban J connectivity index is 2.16. The first kappa shape index (κ1) is 19.7. The van der Waals surface area contributed by atoms with E-state index in [1.807, 2.05) is 0 Å². The summed E-state index contributed by atoms with van der Waals surface area (Å²) in [5, 5.41) is 13.9. The van der Waals surface area contributed by atoms with Crippen LogP contribution < -0.4 is 14.8 Å². The van der Waals surface area contributed by atoms with Crippen molar-refractivity contribution in [1.29, 1.82) is 0 Å². The first-order chi connectivity index (χ1) is 12.8. The van der Waals surface area contributed by atoms with Crippen LogP contribution in [0.1, 0.15) is 17.3 Å². The highest BCUT2D eigenvalue weighted by atomic mass is 16.6. The van der Waals surface area contributed by atoms with Gasteiger partial charge in [-0.25, -0.2) is 4.79 Å². The standard InChI is InChI=1S/C18H18N2O7/c1-11(17(21)19-13-5-4-6-14(10-13)25-2)27-16-8-7-12(18(22)26-3)9-15(16)20(23)24/h4-11H,1-3H3,(H,19,21)/t11-/m1/s1. The third-order valence-corrected chi connectivity index (χ3v) is 3.59. The number of nitrogens with one attached hydrogen (secondary N) is 1. The molecule has 1 N–H and O–H groups in total. The number of methoxy groups -OCH3 is 2. The van der Waals surface area contributed by atoms with E-state index in [9.17, 15) is 19.7 Å². The van der Waals surface area contributed by atoms with Gasteiger partial charge in [-0.2, -0.15) is 0 Å². The molecule has 27 heavy (non-hydrogen) atoms. The fourth-order valence-corrected chi connectivity index (χ4v) is 2.19. The Morgan fingerprint density at radius 3 is 2.52 bits per heavy atom. The lowest BCUT2D eigenvalue weighted by Crippen LogP contribution is -2.30. The Morgan fingerprint density at radius 2 is 1.89 bits per heavy atom. The van der Waals surface area contributed by atoms with Crippen molar-refractivity contribution in [3.63, 3.8) is 0 Å². The first-order valence-corrected chi connectivity index (χ1v) is 7.84. The summed E-state index contributed by atoms with van der Waals surface area (Å²) in [5.41, 5.74) is 0.0503. The van der Waals surface area contributed by atoms with Gasteiger partial charge >= 0.3 is 11.7 Å². The van der Waals surface area contributed by atoms with Crippen LogP contribution in [-0.4, -0.2) is 37.1 Å². The molecule has 0 unspecified atom stereocenters. The molecule has 2 rings (SSSR count). The molecule has 0 aromatic heterocycles. The molecule has 0 bridgehead atoms. The van der Waals surface area contributed by atoms with E-state index in [-0.39, 0.29) is 11.3 Å². The van der Waals surface area contributed by atoms with Crippen LogP contribution in [0.4, 0.5) is 11.4 Å². The molecule has 0 fully saturated rings. The van der Waals surface area contributed by atoms with E-state index in [1.165, 1.54) is 33.3 Å². The summed E-state index contributed by atoms with van der Waals surface area (Å²) >= 11 is 0. The number of rotatable bonds is 7. The molecule has 0 aliphatic rings. The Hall–Kier alpha value is -3.62. The average molecular weight is 374 g/mol. The van der Waals surface area contributed by atoms with Crippen molar-refractivity contribution in [2.75, 3.05) is 19.5 Å². The monoisotopic (exact) mass is 374 g/mol. The molecular weight excluding hydrogens is 356 g/mol. The Kier molecular flexibility index (Phi) is 6.32. The molecule has 1 atom stereocenters. The van der Waals surface area contributed by atoms with Crippen molar-refractivity contribution in [2.24, 2.45) is 0 Å². The van der Waals surface area contributed by atoms with Gasteiger partial charge in [0.05, 0.1) is 24.7 Å². The van der Waals surface area contributed by atoms with Gasteiger partial charge in [0.1, 0.15) is 5.75 Å². The van der Waals surface area contributed by atoms with Gasteiger partial charge in [0, 0.05) is 17.8 Å². The minimum Gasteiger partial charge on any atom is -0.497 e. The molecule has 2 aromatic rings. The van der Waals surface area contributed by atoms with Gasteiger partial charge < -0.3 is 19.5 Å². The van der Waals surface area contributed by atoms with E-state index in [1.54, 1.807) is 24.3 Å². The van der Waals surface area contributed by atoms with Crippen molar-refractivity contribution in [1.82, 2.24) is 0 Å². The molecule has 9 heteroatoms. The van der Waals surface area contributed by atoms with E-state index in [4.69, 9.17) is 9.47 Å². The van der Waals surface area contributed by atoms with E-state index in [0.717, 1.165) is 6.07 Å². The molecule has 0 spiro atoms. The number of ether oxygens (including phenoxy) is 3. The maximum atomic E-state index is 12.3. The number of esters is 1. The first-order valence-electron chi connectivity index (χ1n) is 7.84. The van der Waals surface area contributed by atoms with Crippen molar-refractivity contribution < 1.29 is 28.7 Å². The second kappa shape index (κ2) is 8.65. The van der Waals surface area contributed by atoms with Gasteiger partial charge in [-0.15, -0.1) is 0 Å². The maximum Gasteiger partial charge on any atom is 0.338 e. The van der Waals surface area contributed by atoms with E-state index >= 15 is 0 Å². The number of nitrogens with zero attached hydrogens (tertiary/aromatic N) is 1. The highest BCUT2D eigenvalue weighted by molar-refractivity contribution is 5.94. The number of benzene rings is 2. The molecule has 0 saturated carbocycles. The van der Waals surface area contributed by atoms with Crippen LogP contribution in [0.5, 0.6) is 11.5 Å². The summed E-state index contributed by atoms with van der Waals surface area (Å²) in [6.45, 7) is 1.45. The number of carbonyl (C=O) groups is 2. The summed E-state index contributed by atoms with van der Waals surface area (Å²) in [6, 6.07) is 10.3. The number of hydrogen-bond donors (Lipinski definition) is 1. The second-order valence-corrected chi connectivity index (χ2v) is 5.41. The largest absolute Gasteiger partial charge is 0.497 e. The number of nitro benzene ring substituents is 1. The van der Waals surface area contributed by atoms with Gasteiger partial charge in [0.15, 0.2) is 11.9 Å². The van der Waals surface area contributed by atoms with E-state index in [2.05, 4.69) is 10.1 Å². The number of nitro groups is 1. The topological polar surface area (TPSA) is 117 Å². The number of amides is 1. The molecular formula is C18H18N2O7. The smallest absolute Gasteiger partial charge is 0.338 e. The van der Waals surface area contributed by atoms with Gasteiger partial charge in [-0.3, -0.25) is 14.9 Å². The van der Waals surface area contributed by atoms with Gasteiger partial charge in [0.2, 0.25) is 0 Å². The molecule has 9 nitrogen and oxygen atoms in total. The summed E-state index contributed by atoms with van der Waals surface area (Å²) < 4.78 is 15.0. The van der Waals surface area contributed by atoms with Crippen LogP contribution in [0.2, 0.25) is 0 Å². The lowest BCUT2D eigenvalue weighted by molar-refractivity contribution is -0.386. The molecule has 0 aliphatic heterocycles. The van der Waals surface area contributed by atoms with Crippen LogP contribution in [0.25, 0.3) is 0 Å². The summed E-state index contributed by atoms with van der Waals surface area (Å²) in [5.74, 6) is -0.792. The zero-order valence-electron chi connectivity index (χ0n) is 14.9. The van der Waals surface area contributed by atoms with Crippen LogP contribution in [-0.2, 0) is 9.53 Å². The minimum absolute atomic E-state index is 0.00466. The molecule has 1 amide bonds. The van der Waals surface area contributed by atoms with Crippen LogP contribution in [0.3, 0.4) is 0 Å². The SMILES string of the molecule is COC(=O)c1ccc(O[C@H](C)C(=O)Nc2cccc(OC)c2)c([N+](=O)[O-])c1. The predicted octanol–water partition coefficient (Wildman–Crippen LogP) is 2.80. The van der Waals surface area contributed by atoms with Crippen molar-refractivity contribution in [2.45, 2.75) is 13.0 Å². The van der Waals surface area contributed by atoms with Crippen LogP contribution in [0, 0.1) is 10.1 Å². The lowest BCUT2D eigenvalue weighted by atomic mass is 10.2. The zero-order chi connectivity index (χ0) is 20.0. The summed E-state index contributed by atoms with van der Waals surface area (Å²) in [4.78, 5) is 34.4. The third-order valence-electron chi connectivity index (χ3n) is 3.59. The Labute approximate surface area is 155 Å². The number of carbonyl (C=O) groups excluding carboxylic acids is 2. The fraction of sp³-hybridized carbons (Fsp3) is 0.222. The molecule has 0 heterocycles. The lowest BCUT2D eigenvalue weighted by Gasteiger charge is -2.15. The molecule has 0 saturated heterocycles. The maximum absolute atomic E-state index is 12.3. The average Bonchev–Trinajstić information content (AvgIpc) is 2.67. The number of hydrogen-bond acceptors (Lipinski definition) is 7. The molecule has 2 aromatic carbocycles. The van der Waals surface area contributed by atoms with Crippen molar-refractivity contribution in [3.8, 4) is 11.5 Å². The van der Waals surface area contributed by atoms with Crippen molar-refractivity contribution in [3.05, 3.63) is 58.1 Å². The van der Waals surface area contributed by atoms with Crippen molar-refractivity contribution >= 4 is 23.3 Å². The van der Waals surface area contributed by atoms with E-state index in [0.29, 0.717) is 11.4 Å². The summed E-state index contributed by atoms with van der Waals surface area (Å²) in [7, 11) is 2.67. The normalized spacial score (nSPS) is 11.2. The quantitative estimate of drug-likeness (QED) is 0.450. The van der Waals surface area contributed by atoms with E-state index < -0.39 is 28.6 Å². The molecule has 0 radical (unpaired) electrons.